The lowest BCUT2D eigenvalue weighted by Gasteiger charge is -2.38. The summed E-state index contributed by atoms with van der Waals surface area (Å²) in [6, 6.07) is 9.36. The molecule has 27 nitrogen and oxygen atoms in total. The Balaban J connectivity index is 1.07. The fourth-order valence-electron chi connectivity index (χ4n) is 14.4. The summed E-state index contributed by atoms with van der Waals surface area (Å²) >= 11 is 1.13. The first-order chi connectivity index (χ1) is 50.7. The molecule has 9 N–H and O–H groups in total. The number of amides is 7. The number of hydrogen-bond donors (Lipinski definition) is 8. The largest absolute Gasteiger partial charge is 0.505 e. The summed E-state index contributed by atoms with van der Waals surface area (Å²) in [6.07, 6.45) is 9.36. The molecule has 0 spiro atoms. The number of unbranched alkanes of at least 4 members (excludes halogenated alkanes) is 2. The second-order valence-corrected chi connectivity index (χ2v) is 30.3. The zero-order valence-electron chi connectivity index (χ0n) is 63.1. The van der Waals surface area contributed by atoms with E-state index in [4.69, 9.17) is 34.4 Å². The molecular formula is C79H101N9O18S. The van der Waals surface area contributed by atoms with Crippen LogP contribution in [0.4, 0.5) is 21.9 Å². The molecule has 0 aliphatic carbocycles. The van der Waals surface area contributed by atoms with Gasteiger partial charge >= 0.3 is 17.8 Å². The number of phenolic OH excluding ortho intramolecular Hbond substituents is 1. The Bertz CT molecular complexity index is 4390. The van der Waals surface area contributed by atoms with Gasteiger partial charge in [0.2, 0.25) is 11.8 Å². The van der Waals surface area contributed by atoms with Crippen LogP contribution >= 0.6 is 11.3 Å². The van der Waals surface area contributed by atoms with Crippen LogP contribution in [-0.4, -0.2) is 173 Å². The number of urea groups is 1. The van der Waals surface area contributed by atoms with Crippen molar-refractivity contribution in [1.82, 2.24) is 25.4 Å². The number of Topliss-reactive ketones (excluding diaryl/α,β-unsaturated/α-hetero) is 2. The number of imide groups is 1. The summed E-state index contributed by atoms with van der Waals surface area (Å²) in [5, 5.41) is 47.0. The highest BCUT2D eigenvalue weighted by atomic mass is 32.1. The third-order valence-electron chi connectivity index (χ3n) is 20.9. The Morgan fingerprint density at radius 1 is 0.888 bits per heavy atom. The molecule has 9 rings (SSSR count). The van der Waals surface area contributed by atoms with Crippen LogP contribution in [-0.2, 0) is 54.4 Å². The molecule has 5 heterocycles. The van der Waals surface area contributed by atoms with Gasteiger partial charge in [-0.05, 0) is 102 Å². The quantitative estimate of drug-likeness (QED) is 0.00712. The molecule has 107 heavy (non-hydrogen) atoms. The van der Waals surface area contributed by atoms with Crippen LogP contribution in [0.3, 0.4) is 0 Å². The molecule has 4 bridgehead atoms. The highest BCUT2D eigenvalue weighted by molar-refractivity contribution is 7.25. The van der Waals surface area contributed by atoms with E-state index in [0.717, 1.165) is 34.8 Å². The average molecular weight is 1500 g/mol. The number of aliphatic hydroxyl groups excluding tert-OH is 2. The van der Waals surface area contributed by atoms with E-state index < -0.39 is 107 Å². The van der Waals surface area contributed by atoms with Gasteiger partial charge in [0.05, 0.1) is 56.5 Å². The number of ketones is 2. The third-order valence-corrected chi connectivity index (χ3v) is 22.1. The number of primary amides is 1. The second kappa shape index (κ2) is 35.4. The van der Waals surface area contributed by atoms with Gasteiger partial charge in [-0.2, -0.15) is 0 Å². The first-order valence-electron chi connectivity index (χ1n) is 36.5. The number of fused-ring (bicyclic) bond motifs is 2. The zero-order valence-corrected chi connectivity index (χ0v) is 63.9. The first-order valence-corrected chi connectivity index (χ1v) is 37.3. The molecule has 5 aromatic rings. The predicted octanol–water partition coefficient (Wildman–Crippen LogP) is 9.16. The lowest BCUT2D eigenvalue weighted by atomic mass is 9.78. The highest BCUT2D eigenvalue weighted by Crippen LogP contribution is 2.51. The number of benzene rings is 4. The van der Waals surface area contributed by atoms with Gasteiger partial charge in [0.1, 0.15) is 35.4 Å². The molecule has 1 saturated heterocycles. The van der Waals surface area contributed by atoms with Crippen molar-refractivity contribution in [3.63, 3.8) is 0 Å². The van der Waals surface area contributed by atoms with Crippen molar-refractivity contribution in [3.05, 3.63) is 112 Å². The number of phenols is 1. The Kier molecular flexibility index (Phi) is 27.0. The molecule has 0 radical (unpaired) electrons. The number of esters is 1. The second-order valence-electron chi connectivity index (χ2n) is 29.2. The lowest BCUT2D eigenvalue weighted by molar-refractivity contribution is -0.160. The van der Waals surface area contributed by atoms with E-state index in [-0.39, 0.29) is 123 Å². The van der Waals surface area contributed by atoms with Crippen LogP contribution in [0.1, 0.15) is 142 Å². The molecule has 4 aromatic carbocycles. The summed E-state index contributed by atoms with van der Waals surface area (Å²) in [4.78, 5) is 146. The van der Waals surface area contributed by atoms with Crippen molar-refractivity contribution in [2.75, 3.05) is 62.9 Å². The van der Waals surface area contributed by atoms with E-state index in [9.17, 15) is 53.7 Å². The number of rotatable bonds is 24. The maximum absolute atomic E-state index is 15.4. The van der Waals surface area contributed by atoms with Gasteiger partial charge in [0, 0.05) is 142 Å². The van der Waals surface area contributed by atoms with Gasteiger partial charge < -0.3 is 75.8 Å². The molecule has 0 unspecified atom stereocenters. The summed E-state index contributed by atoms with van der Waals surface area (Å²) in [5.41, 5.74) is 6.53. The zero-order chi connectivity index (χ0) is 78.0. The number of allylic oxidation sites excluding steroid dienone is 2. The summed E-state index contributed by atoms with van der Waals surface area (Å²) in [6.45, 7) is 17.8. The van der Waals surface area contributed by atoms with Crippen LogP contribution in [0, 0.1) is 42.4 Å². The standard InChI is InChI=1S/C79H101N9O18S/c1-41(2)64(83-58(91)22-15-14-16-33-88-59(92)27-28-60(88)93)54(90)37-50(21-18-32-81-78(80)101)77(100)82-51-25-23-49(24-26-51)40-103-56-38-53(87-34-29-52(30-35-87)86(11)12)39-57-65(56)84-66-61-62-70(96)47(8)73-63(61)75(98)79(10,106-73)104-36-31-55(102-13)44(5)72(105-48(9)89)46(7)69(95)45(6)68(94)42(3)19-17-20-43(4)76(99)85-67(71(62)97)74(66)107-57/h17,19-20,23-28,31,36,38-39,41-42,44-46,50,52,55,64,68-69,72,94-95,97H,14-16,18,21-22,29-30,32-35,37,40H2,1-13H3,(H,82,100)(H,83,91)(H,85,99)(H3,80,81,101)/b19-17+,36-31+,43-20-/t42-,44+,45+,46+,50+,55-,64-,68-,69+,72+,79-/m0/s1. The van der Waals surface area contributed by atoms with Gasteiger partial charge in [-0.15, -0.1) is 11.3 Å². The van der Waals surface area contributed by atoms with Crippen molar-refractivity contribution in [2.24, 2.45) is 41.2 Å². The number of anilines is 3. The Labute approximate surface area is 626 Å². The summed E-state index contributed by atoms with van der Waals surface area (Å²) < 4.78 is 32.0. The van der Waals surface area contributed by atoms with Crippen molar-refractivity contribution >= 4 is 113 Å². The fraction of sp³-hybridized carbons (Fsp3) is 0.506. The number of aromatic hydroxyl groups is 1. The maximum Gasteiger partial charge on any atom is 0.312 e. The van der Waals surface area contributed by atoms with E-state index in [2.05, 4.69) is 31.1 Å². The number of nitrogens with zero attached hydrogens (tertiary/aromatic N) is 4. The molecule has 7 amide bonds. The van der Waals surface area contributed by atoms with Crippen LogP contribution in [0.5, 0.6) is 17.2 Å². The van der Waals surface area contributed by atoms with Crippen LogP contribution in [0.2, 0.25) is 0 Å². The van der Waals surface area contributed by atoms with E-state index in [1.54, 1.807) is 84.9 Å². The smallest absolute Gasteiger partial charge is 0.312 e. The van der Waals surface area contributed by atoms with Gasteiger partial charge in [-0.1, -0.05) is 78.3 Å². The van der Waals surface area contributed by atoms with Crippen molar-refractivity contribution in [1.29, 1.82) is 0 Å². The van der Waals surface area contributed by atoms with Gasteiger partial charge in [-0.25, -0.2) is 9.78 Å². The number of aromatic nitrogens is 1. The van der Waals surface area contributed by atoms with Crippen molar-refractivity contribution in [3.8, 4) is 17.2 Å². The van der Waals surface area contributed by atoms with Gasteiger partial charge in [0.25, 0.3) is 23.5 Å². The highest BCUT2D eigenvalue weighted by Gasteiger charge is 2.50. The molecule has 1 fully saturated rings. The fourth-order valence-corrected chi connectivity index (χ4v) is 15.5. The Morgan fingerprint density at radius 3 is 2.22 bits per heavy atom. The minimum Gasteiger partial charge on any atom is -0.505 e. The third kappa shape index (κ3) is 18.9. The molecule has 0 saturated carbocycles. The molecule has 4 aliphatic heterocycles. The molecular weight excluding hydrogens is 1390 g/mol. The Hall–Kier alpha value is -9.61. The number of carbonyl (C=O) groups excluding carboxylic acids is 9. The number of aliphatic hydroxyl groups is 2. The number of piperidine rings is 1. The minimum absolute atomic E-state index is 0.0255. The summed E-state index contributed by atoms with van der Waals surface area (Å²) in [5.74, 6) is -10.6. The Morgan fingerprint density at radius 2 is 1.58 bits per heavy atom. The number of carbonyl (C=O) groups is 9. The number of methoxy groups -OCH3 is 1. The first kappa shape index (κ1) is 81.5. The average Bonchev–Trinajstić information content (AvgIpc) is 1.65. The summed E-state index contributed by atoms with van der Waals surface area (Å²) in [7, 11) is 5.53. The normalized spacial score (nSPS) is 24.1. The topological polar surface area (TPSA) is 374 Å². The number of nitrogens with two attached hydrogens (primary N) is 1. The van der Waals surface area contributed by atoms with E-state index in [0.29, 0.717) is 66.5 Å². The van der Waals surface area contributed by atoms with E-state index in [1.165, 1.54) is 58.4 Å². The molecule has 11 atom stereocenters. The number of ether oxygens (including phenoxy) is 5. The molecule has 1 aromatic heterocycles. The van der Waals surface area contributed by atoms with E-state index >= 15 is 9.59 Å². The van der Waals surface area contributed by atoms with Crippen LogP contribution in [0.15, 0.2) is 89.5 Å². The van der Waals surface area contributed by atoms with Crippen molar-refractivity contribution < 1.29 is 82.2 Å². The molecule has 576 valence electrons. The van der Waals surface area contributed by atoms with Gasteiger partial charge in [-0.3, -0.25) is 48.1 Å². The van der Waals surface area contributed by atoms with Gasteiger partial charge in [0.15, 0.2) is 17.0 Å². The monoisotopic (exact) mass is 1500 g/mol. The van der Waals surface area contributed by atoms with Crippen molar-refractivity contribution in [2.45, 2.75) is 176 Å². The van der Waals surface area contributed by atoms with Crippen LogP contribution in [0.25, 0.3) is 31.2 Å². The molecule has 28 heteroatoms. The predicted molar refractivity (Wildman–Crippen MR) is 407 cm³/mol. The number of nitrogens with one attached hydrogen (secondary N) is 4. The SMILES string of the molecule is CO[C@H]1/C=C/O[C@@]2(C)Oc3c(C)c(=O)c4c(O)c(c5sc6cc(N7CCC(N(C)C)CC7)cc(OCc7ccc(NC(=O)[C@H](CCCNC(N)=O)CC(=O)[C@@H](NC(=O)CCCCCN8C(=O)C=CC8=O)C(C)C)cc7)c6nc5c4c3C2=O)NC(=O)/C(C)=C\C=C\[C@H](C)[C@H](O)[C@@H](C)[C@@H](O)[C@@H](C)[C@H](OC(C)=O)[C@@H]1C. The number of hydrogen-bond acceptors (Lipinski definition) is 22. The van der Waals surface area contributed by atoms with E-state index in [1.807, 2.05) is 26.2 Å². The maximum atomic E-state index is 15.4. The van der Waals surface area contributed by atoms with Crippen LogP contribution < -0.4 is 46.8 Å². The molecule has 4 aliphatic rings. The lowest BCUT2D eigenvalue weighted by Crippen LogP contribution is -2.46. The minimum atomic E-state index is -2.15.